The molecule has 0 saturated carbocycles. The molecule has 0 bridgehead atoms. The molecule has 1 amide bonds. The highest BCUT2D eigenvalue weighted by atomic mass is 32.1. The van der Waals surface area contributed by atoms with Gasteiger partial charge in [0.1, 0.15) is 12.3 Å². The Hall–Kier alpha value is -1.85. The summed E-state index contributed by atoms with van der Waals surface area (Å²) in [5.74, 6) is 0.660. The number of benzene rings is 1. The van der Waals surface area contributed by atoms with Crippen molar-refractivity contribution in [2.24, 2.45) is 0 Å². The van der Waals surface area contributed by atoms with E-state index in [1.807, 2.05) is 41.9 Å². The van der Waals surface area contributed by atoms with Crippen LogP contribution in [0.1, 0.15) is 10.4 Å². The lowest BCUT2D eigenvalue weighted by Crippen LogP contribution is -2.84. The van der Waals surface area contributed by atoms with Crippen molar-refractivity contribution in [3.8, 4) is 5.75 Å². The average Bonchev–Trinajstić information content (AvgIpc) is 2.92. The number of hydrogen-bond donors (Lipinski definition) is 2. The minimum Gasteiger partial charge on any atom is -0.495 e. The number of hydrogen-bond acceptors (Lipinski definition) is 3. The maximum Gasteiger partial charge on any atom is 0.279 e. The van der Waals surface area contributed by atoms with Gasteiger partial charge in [-0.05, 0) is 36.1 Å². The standard InChI is InChI=1S/C15H18N2O2S/c1-11-5-6-14(19-2)13(8-11)17-15(18)10-16-9-12-4-3-7-20-12/h3-8,16H,9-10H2,1-2H3,(H,17,18)/p+1. The lowest BCUT2D eigenvalue weighted by atomic mass is 10.2. The molecule has 4 nitrogen and oxygen atoms in total. The first-order chi connectivity index (χ1) is 9.69. The Balaban J connectivity index is 1.86. The van der Waals surface area contributed by atoms with Crippen molar-refractivity contribution in [1.82, 2.24) is 0 Å². The van der Waals surface area contributed by atoms with E-state index in [4.69, 9.17) is 4.74 Å². The molecule has 106 valence electrons. The van der Waals surface area contributed by atoms with Crippen molar-refractivity contribution < 1.29 is 14.8 Å². The first kappa shape index (κ1) is 14.6. The van der Waals surface area contributed by atoms with Crippen LogP contribution in [0.3, 0.4) is 0 Å². The van der Waals surface area contributed by atoms with E-state index in [0.717, 1.165) is 17.8 Å². The number of thiophene rings is 1. The number of carbonyl (C=O) groups excluding carboxylic acids is 1. The maximum absolute atomic E-state index is 11.9. The Labute approximate surface area is 122 Å². The SMILES string of the molecule is COc1ccc(C)cc1NC(=O)C[NH2+]Cc1cccs1. The second kappa shape index (κ2) is 7.07. The highest BCUT2D eigenvalue weighted by Gasteiger charge is 2.09. The topological polar surface area (TPSA) is 54.9 Å². The van der Waals surface area contributed by atoms with Crippen molar-refractivity contribution in [1.29, 1.82) is 0 Å². The van der Waals surface area contributed by atoms with Crippen LogP contribution >= 0.6 is 11.3 Å². The maximum atomic E-state index is 11.9. The highest BCUT2D eigenvalue weighted by molar-refractivity contribution is 7.09. The Bertz CT molecular complexity index is 567. The number of nitrogens with two attached hydrogens (primary N) is 1. The lowest BCUT2D eigenvalue weighted by molar-refractivity contribution is -0.659. The fraction of sp³-hybridized carbons (Fsp3) is 0.267. The number of anilines is 1. The second-order valence-electron chi connectivity index (χ2n) is 4.53. The predicted octanol–water partition coefficient (Wildman–Crippen LogP) is 1.77. The molecule has 0 spiro atoms. The van der Waals surface area contributed by atoms with Gasteiger partial charge < -0.3 is 15.4 Å². The minimum absolute atomic E-state index is 0.0227. The molecule has 2 rings (SSSR count). The van der Waals surface area contributed by atoms with Gasteiger partial charge in [0.05, 0.1) is 17.7 Å². The van der Waals surface area contributed by atoms with Crippen LogP contribution in [0.25, 0.3) is 0 Å². The summed E-state index contributed by atoms with van der Waals surface area (Å²) in [4.78, 5) is 13.2. The van der Waals surface area contributed by atoms with E-state index in [9.17, 15) is 4.79 Å². The predicted molar refractivity (Wildman–Crippen MR) is 81.2 cm³/mol. The fourth-order valence-electron chi connectivity index (χ4n) is 1.89. The summed E-state index contributed by atoms with van der Waals surface area (Å²) in [5.41, 5.74) is 1.81. The molecule has 20 heavy (non-hydrogen) atoms. The third-order valence-corrected chi connectivity index (χ3v) is 3.78. The van der Waals surface area contributed by atoms with Crippen LogP contribution < -0.4 is 15.4 Å². The second-order valence-corrected chi connectivity index (χ2v) is 5.56. The van der Waals surface area contributed by atoms with Crippen LogP contribution in [0.4, 0.5) is 5.69 Å². The zero-order valence-electron chi connectivity index (χ0n) is 11.7. The van der Waals surface area contributed by atoms with E-state index in [1.165, 1.54) is 4.88 Å². The van der Waals surface area contributed by atoms with Gasteiger partial charge in [-0.15, -0.1) is 11.3 Å². The molecule has 0 atom stereocenters. The normalized spacial score (nSPS) is 10.3. The number of aryl methyl sites for hydroxylation is 1. The van der Waals surface area contributed by atoms with E-state index < -0.39 is 0 Å². The molecule has 2 aromatic rings. The minimum atomic E-state index is -0.0227. The summed E-state index contributed by atoms with van der Waals surface area (Å²) >= 11 is 1.70. The van der Waals surface area contributed by atoms with Gasteiger partial charge >= 0.3 is 0 Å². The number of quaternary nitrogens is 1. The number of carbonyl (C=O) groups is 1. The highest BCUT2D eigenvalue weighted by Crippen LogP contribution is 2.24. The Morgan fingerprint density at radius 3 is 2.95 bits per heavy atom. The monoisotopic (exact) mass is 291 g/mol. The van der Waals surface area contributed by atoms with Gasteiger partial charge in [0.25, 0.3) is 5.91 Å². The molecule has 1 aromatic carbocycles. The van der Waals surface area contributed by atoms with E-state index in [-0.39, 0.29) is 5.91 Å². The van der Waals surface area contributed by atoms with Crippen LogP contribution in [-0.2, 0) is 11.3 Å². The lowest BCUT2D eigenvalue weighted by Gasteiger charge is -2.10. The summed E-state index contributed by atoms with van der Waals surface area (Å²) in [6, 6.07) is 9.82. The van der Waals surface area contributed by atoms with Gasteiger partial charge in [-0.2, -0.15) is 0 Å². The number of rotatable bonds is 6. The molecule has 1 heterocycles. The van der Waals surface area contributed by atoms with Gasteiger partial charge in [0.15, 0.2) is 6.54 Å². The molecule has 0 radical (unpaired) electrons. The van der Waals surface area contributed by atoms with E-state index in [0.29, 0.717) is 12.3 Å². The number of amides is 1. The zero-order chi connectivity index (χ0) is 14.4. The molecule has 0 unspecified atom stereocenters. The molecule has 0 saturated heterocycles. The number of methoxy groups -OCH3 is 1. The van der Waals surface area contributed by atoms with Crippen LogP contribution in [0, 0.1) is 6.92 Å². The van der Waals surface area contributed by atoms with Crippen molar-refractivity contribution in [3.63, 3.8) is 0 Å². The van der Waals surface area contributed by atoms with Crippen molar-refractivity contribution >= 4 is 22.9 Å². The van der Waals surface area contributed by atoms with E-state index >= 15 is 0 Å². The quantitative estimate of drug-likeness (QED) is 0.852. The third kappa shape index (κ3) is 4.08. The number of ether oxygens (including phenoxy) is 1. The number of nitrogens with one attached hydrogen (secondary N) is 1. The summed E-state index contributed by atoms with van der Waals surface area (Å²) in [5, 5.41) is 6.92. The fourth-order valence-corrected chi connectivity index (χ4v) is 2.60. The molecule has 0 aliphatic rings. The zero-order valence-corrected chi connectivity index (χ0v) is 12.5. The molecule has 5 heteroatoms. The Morgan fingerprint density at radius 2 is 2.25 bits per heavy atom. The van der Waals surface area contributed by atoms with Gasteiger partial charge in [-0.25, -0.2) is 0 Å². The molecule has 0 fully saturated rings. The van der Waals surface area contributed by atoms with Gasteiger partial charge in [-0.1, -0.05) is 12.1 Å². The van der Waals surface area contributed by atoms with Crippen molar-refractivity contribution in [2.45, 2.75) is 13.5 Å². The summed E-state index contributed by atoms with van der Waals surface area (Å²) < 4.78 is 5.24. The summed E-state index contributed by atoms with van der Waals surface area (Å²) in [7, 11) is 1.60. The molecular formula is C15H19N2O2S+. The Kier molecular flexibility index (Phi) is 5.15. The van der Waals surface area contributed by atoms with Gasteiger partial charge in [-0.3, -0.25) is 4.79 Å². The van der Waals surface area contributed by atoms with Crippen molar-refractivity contribution in [3.05, 3.63) is 46.2 Å². The van der Waals surface area contributed by atoms with E-state index in [2.05, 4.69) is 11.4 Å². The molecule has 1 aromatic heterocycles. The first-order valence-electron chi connectivity index (χ1n) is 6.47. The average molecular weight is 291 g/mol. The smallest absolute Gasteiger partial charge is 0.279 e. The molecule has 3 N–H and O–H groups in total. The molecule has 0 aliphatic heterocycles. The third-order valence-electron chi connectivity index (χ3n) is 2.88. The van der Waals surface area contributed by atoms with Crippen LogP contribution in [0.2, 0.25) is 0 Å². The summed E-state index contributed by atoms with van der Waals surface area (Å²) in [6.07, 6.45) is 0. The van der Waals surface area contributed by atoms with Crippen LogP contribution in [-0.4, -0.2) is 19.6 Å². The van der Waals surface area contributed by atoms with Crippen molar-refractivity contribution in [2.75, 3.05) is 19.0 Å². The van der Waals surface area contributed by atoms with Crippen LogP contribution in [0.15, 0.2) is 35.7 Å². The summed E-state index contributed by atoms with van der Waals surface area (Å²) in [6.45, 7) is 3.21. The van der Waals surface area contributed by atoms with Crippen LogP contribution in [0.5, 0.6) is 5.75 Å². The first-order valence-corrected chi connectivity index (χ1v) is 7.35. The van der Waals surface area contributed by atoms with Gasteiger partial charge in [0.2, 0.25) is 0 Å². The largest absolute Gasteiger partial charge is 0.495 e. The Morgan fingerprint density at radius 1 is 1.40 bits per heavy atom. The molecule has 0 aliphatic carbocycles. The van der Waals surface area contributed by atoms with Gasteiger partial charge in [0, 0.05) is 0 Å². The molecular weight excluding hydrogens is 272 g/mol. The van der Waals surface area contributed by atoms with E-state index in [1.54, 1.807) is 18.4 Å².